The third-order valence-electron chi connectivity index (χ3n) is 3.58. The maximum atomic E-state index is 13.9. The number of hydrogen-bond donors (Lipinski definition) is 0. The summed E-state index contributed by atoms with van der Waals surface area (Å²) < 4.78 is 33.5. The molecule has 0 atom stereocenters. The van der Waals surface area contributed by atoms with Gasteiger partial charge < -0.3 is 4.74 Å². The molecule has 1 aromatic heterocycles. The molecule has 128 valence electrons. The summed E-state index contributed by atoms with van der Waals surface area (Å²) in [5.74, 6) is 0.0132. The minimum Gasteiger partial charge on any atom is -0.491 e. The monoisotopic (exact) mass is 340 g/mol. The third-order valence-corrected chi connectivity index (χ3v) is 3.58. The van der Waals surface area contributed by atoms with Crippen LogP contribution in [-0.2, 0) is 6.42 Å². The minimum atomic E-state index is -0.639. The van der Waals surface area contributed by atoms with Gasteiger partial charge in [0.1, 0.15) is 23.2 Å². The maximum absolute atomic E-state index is 13.9. The van der Waals surface area contributed by atoms with Crippen molar-refractivity contribution in [1.82, 2.24) is 9.97 Å². The Hall–Kier alpha value is -2.82. The highest BCUT2D eigenvalue weighted by Crippen LogP contribution is 2.24. The van der Waals surface area contributed by atoms with Crippen molar-refractivity contribution in [2.45, 2.75) is 26.4 Å². The Labute approximate surface area is 145 Å². The molecule has 0 spiro atoms. The molecule has 0 aliphatic rings. The average Bonchev–Trinajstić information content (AvgIpc) is 2.56. The summed E-state index contributed by atoms with van der Waals surface area (Å²) in [4.78, 5) is 8.51. The van der Waals surface area contributed by atoms with Crippen LogP contribution in [0.4, 0.5) is 8.78 Å². The van der Waals surface area contributed by atoms with E-state index in [1.807, 2.05) is 38.1 Å². The molecule has 3 aromatic rings. The predicted octanol–water partition coefficient (Wildman–Crippen LogP) is 4.80. The van der Waals surface area contributed by atoms with Crippen LogP contribution >= 0.6 is 0 Å². The quantitative estimate of drug-likeness (QED) is 0.669. The lowest BCUT2D eigenvalue weighted by molar-refractivity contribution is 0.242. The summed E-state index contributed by atoms with van der Waals surface area (Å²) in [6.45, 7) is 3.93. The standard InChI is InChI=1S/C20H18F2N2O/c1-13(2)25-15-8-6-14(7-9-15)12-19-23-11-10-18(24-19)20-16(21)4-3-5-17(20)22/h3-11,13H,12H2,1-2H3. The Morgan fingerprint density at radius 3 is 2.28 bits per heavy atom. The summed E-state index contributed by atoms with van der Waals surface area (Å²) in [5, 5.41) is 0. The van der Waals surface area contributed by atoms with Gasteiger partial charge in [0.25, 0.3) is 0 Å². The Morgan fingerprint density at radius 1 is 0.960 bits per heavy atom. The lowest BCUT2D eigenvalue weighted by Crippen LogP contribution is -2.05. The van der Waals surface area contributed by atoms with Gasteiger partial charge in [-0.15, -0.1) is 0 Å². The summed E-state index contributed by atoms with van der Waals surface area (Å²) in [6.07, 6.45) is 2.09. The van der Waals surface area contributed by atoms with Gasteiger partial charge in [-0.25, -0.2) is 18.7 Å². The molecule has 3 rings (SSSR count). The first-order chi connectivity index (χ1) is 12.0. The predicted molar refractivity (Wildman–Crippen MR) is 92.4 cm³/mol. The van der Waals surface area contributed by atoms with E-state index in [-0.39, 0.29) is 17.4 Å². The molecule has 0 aliphatic carbocycles. The first-order valence-corrected chi connectivity index (χ1v) is 8.05. The van der Waals surface area contributed by atoms with Gasteiger partial charge in [-0.05, 0) is 49.7 Å². The minimum absolute atomic E-state index is 0.113. The van der Waals surface area contributed by atoms with Crippen LogP contribution in [0.5, 0.6) is 5.75 Å². The van der Waals surface area contributed by atoms with Gasteiger partial charge in [-0.3, -0.25) is 0 Å². The molecule has 5 heteroatoms. The van der Waals surface area contributed by atoms with E-state index in [9.17, 15) is 8.78 Å². The van der Waals surface area contributed by atoms with Gasteiger partial charge >= 0.3 is 0 Å². The molecule has 0 bridgehead atoms. The summed E-state index contributed by atoms with van der Waals surface area (Å²) >= 11 is 0. The van der Waals surface area contributed by atoms with Gasteiger partial charge in [-0.1, -0.05) is 18.2 Å². The molecule has 1 heterocycles. The Balaban J connectivity index is 1.83. The van der Waals surface area contributed by atoms with Crippen molar-refractivity contribution < 1.29 is 13.5 Å². The first-order valence-electron chi connectivity index (χ1n) is 8.05. The number of rotatable bonds is 5. The number of hydrogen-bond acceptors (Lipinski definition) is 3. The van der Waals surface area contributed by atoms with E-state index < -0.39 is 11.6 Å². The lowest BCUT2D eigenvalue weighted by atomic mass is 10.1. The number of ether oxygens (including phenoxy) is 1. The summed E-state index contributed by atoms with van der Waals surface area (Å²) in [7, 11) is 0. The van der Waals surface area contributed by atoms with Crippen LogP contribution in [0.25, 0.3) is 11.3 Å². The van der Waals surface area contributed by atoms with Gasteiger partial charge in [0.15, 0.2) is 0 Å². The van der Waals surface area contributed by atoms with Crippen LogP contribution in [0.2, 0.25) is 0 Å². The Kier molecular flexibility index (Phi) is 5.03. The van der Waals surface area contributed by atoms with Crippen molar-refractivity contribution in [2.24, 2.45) is 0 Å². The fourth-order valence-corrected chi connectivity index (χ4v) is 2.51. The molecule has 0 amide bonds. The average molecular weight is 340 g/mol. The zero-order valence-corrected chi connectivity index (χ0v) is 14.0. The highest BCUT2D eigenvalue weighted by atomic mass is 19.1. The molecule has 0 saturated carbocycles. The van der Waals surface area contributed by atoms with E-state index in [0.29, 0.717) is 12.2 Å². The zero-order valence-electron chi connectivity index (χ0n) is 14.0. The molecule has 0 saturated heterocycles. The molecule has 3 nitrogen and oxygen atoms in total. The smallest absolute Gasteiger partial charge is 0.135 e. The van der Waals surface area contributed by atoms with Crippen LogP contribution in [0.15, 0.2) is 54.7 Å². The van der Waals surface area contributed by atoms with E-state index in [1.165, 1.54) is 30.5 Å². The topological polar surface area (TPSA) is 35.0 Å². The molecule has 0 unspecified atom stereocenters. The second-order valence-electron chi connectivity index (χ2n) is 5.94. The van der Waals surface area contributed by atoms with Gasteiger partial charge in [0, 0.05) is 12.6 Å². The number of aromatic nitrogens is 2. The van der Waals surface area contributed by atoms with Crippen LogP contribution in [0.1, 0.15) is 25.2 Å². The molecule has 0 N–H and O–H groups in total. The van der Waals surface area contributed by atoms with Gasteiger partial charge in [-0.2, -0.15) is 0 Å². The fourth-order valence-electron chi connectivity index (χ4n) is 2.51. The van der Waals surface area contributed by atoms with Crippen LogP contribution in [0, 0.1) is 11.6 Å². The highest BCUT2D eigenvalue weighted by Gasteiger charge is 2.13. The molecule has 25 heavy (non-hydrogen) atoms. The van der Waals surface area contributed by atoms with Crippen molar-refractivity contribution in [1.29, 1.82) is 0 Å². The van der Waals surface area contributed by atoms with Crippen molar-refractivity contribution >= 4 is 0 Å². The number of nitrogens with zero attached hydrogens (tertiary/aromatic N) is 2. The van der Waals surface area contributed by atoms with Gasteiger partial charge in [0.05, 0.1) is 17.4 Å². The molecular formula is C20H18F2N2O. The van der Waals surface area contributed by atoms with Crippen molar-refractivity contribution in [2.75, 3.05) is 0 Å². The van der Waals surface area contributed by atoms with Crippen molar-refractivity contribution in [3.8, 4) is 17.0 Å². The van der Waals surface area contributed by atoms with Crippen molar-refractivity contribution in [3.63, 3.8) is 0 Å². The second kappa shape index (κ2) is 7.38. The molecule has 0 radical (unpaired) electrons. The van der Waals surface area contributed by atoms with E-state index >= 15 is 0 Å². The summed E-state index contributed by atoms with van der Waals surface area (Å²) in [6, 6.07) is 12.9. The molecule has 2 aromatic carbocycles. The number of benzene rings is 2. The zero-order chi connectivity index (χ0) is 17.8. The van der Waals surface area contributed by atoms with Crippen LogP contribution in [-0.4, -0.2) is 16.1 Å². The van der Waals surface area contributed by atoms with Gasteiger partial charge in [0.2, 0.25) is 0 Å². The molecule has 0 aliphatic heterocycles. The molecule has 0 fully saturated rings. The molecular weight excluding hydrogens is 322 g/mol. The first kappa shape index (κ1) is 17.0. The van der Waals surface area contributed by atoms with E-state index in [4.69, 9.17) is 4.74 Å². The second-order valence-corrected chi connectivity index (χ2v) is 5.94. The maximum Gasteiger partial charge on any atom is 0.135 e. The van der Waals surface area contributed by atoms with E-state index in [0.717, 1.165) is 11.3 Å². The number of halogens is 2. The SMILES string of the molecule is CC(C)Oc1ccc(Cc2nccc(-c3c(F)cccc3F)n2)cc1. The fraction of sp³-hybridized carbons (Fsp3) is 0.200. The Morgan fingerprint density at radius 2 is 1.64 bits per heavy atom. The Bertz CT molecular complexity index is 844. The third kappa shape index (κ3) is 4.18. The van der Waals surface area contributed by atoms with E-state index in [2.05, 4.69) is 9.97 Å². The largest absolute Gasteiger partial charge is 0.491 e. The lowest BCUT2D eigenvalue weighted by Gasteiger charge is -2.10. The highest BCUT2D eigenvalue weighted by molar-refractivity contribution is 5.60. The van der Waals surface area contributed by atoms with E-state index in [1.54, 1.807) is 0 Å². The van der Waals surface area contributed by atoms with Crippen LogP contribution in [0.3, 0.4) is 0 Å². The normalized spacial score (nSPS) is 10.9. The van der Waals surface area contributed by atoms with Crippen LogP contribution < -0.4 is 4.74 Å². The van der Waals surface area contributed by atoms with Crippen molar-refractivity contribution in [3.05, 3.63) is 77.8 Å². The summed E-state index contributed by atoms with van der Waals surface area (Å²) in [5.41, 5.74) is 1.09.